The van der Waals surface area contributed by atoms with E-state index >= 15 is 0 Å². The largest absolute Gasteiger partial charge is 0.491 e. The van der Waals surface area contributed by atoms with Crippen LogP contribution >= 0.6 is 0 Å². The van der Waals surface area contributed by atoms with Crippen LogP contribution in [0.5, 0.6) is 5.75 Å². The van der Waals surface area contributed by atoms with Crippen molar-refractivity contribution in [2.24, 2.45) is 0 Å². The second-order valence-corrected chi connectivity index (χ2v) is 13.1. The van der Waals surface area contributed by atoms with E-state index in [-0.39, 0.29) is 10.7 Å². The van der Waals surface area contributed by atoms with Crippen LogP contribution in [0.15, 0.2) is 42.5 Å². The third-order valence-corrected chi connectivity index (χ3v) is 9.70. The maximum atomic E-state index is 12.9. The number of para-hydroxylation sites is 1. The van der Waals surface area contributed by atoms with Gasteiger partial charge >= 0.3 is 6.18 Å². The monoisotopic (exact) mass is 411 g/mol. The Morgan fingerprint density at radius 1 is 0.964 bits per heavy atom. The van der Waals surface area contributed by atoms with E-state index in [9.17, 15) is 13.2 Å². The molecule has 3 nitrogen and oxygen atoms in total. The first-order valence-electron chi connectivity index (χ1n) is 9.16. The Balaban J connectivity index is 2.13. The van der Waals surface area contributed by atoms with Gasteiger partial charge in [0.25, 0.3) is 0 Å². The molecule has 2 N–H and O–H groups in total. The molecule has 0 saturated heterocycles. The minimum Gasteiger partial charge on any atom is -0.491 e. The van der Waals surface area contributed by atoms with Gasteiger partial charge in [-0.1, -0.05) is 45.0 Å². The van der Waals surface area contributed by atoms with Gasteiger partial charge in [-0.05, 0) is 41.9 Å². The zero-order chi connectivity index (χ0) is 21.2. The molecule has 0 aliphatic heterocycles. The summed E-state index contributed by atoms with van der Waals surface area (Å²) in [7, 11) is -1.86. The standard InChI is InChI=1S/C21H28F3NO2Si/c1-20(2,3)28(4,5)27-13-12-26-19-9-7-6-8-16(19)15-10-11-17(18(25)14-15)21(22,23)24/h6-11,14H,12-13,25H2,1-5H3. The van der Waals surface area contributed by atoms with Crippen LogP contribution in [0.25, 0.3) is 11.1 Å². The van der Waals surface area contributed by atoms with Gasteiger partial charge in [-0.15, -0.1) is 0 Å². The molecule has 0 radical (unpaired) electrons. The van der Waals surface area contributed by atoms with Crippen molar-refractivity contribution >= 4 is 14.0 Å². The van der Waals surface area contributed by atoms with Crippen LogP contribution in [0, 0.1) is 0 Å². The predicted molar refractivity (Wildman–Crippen MR) is 110 cm³/mol. The fraction of sp³-hybridized carbons (Fsp3) is 0.429. The summed E-state index contributed by atoms with van der Waals surface area (Å²) in [6, 6.07) is 11.0. The molecule has 2 rings (SSSR count). The lowest BCUT2D eigenvalue weighted by Crippen LogP contribution is -2.41. The van der Waals surface area contributed by atoms with Crippen LogP contribution in [-0.2, 0) is 10.6 Å². The molecule has 0 aliphatic rings. The SMILES string of the molecule is CC(C)(C)[Si](C)(C)OCCOc1ccccc1-c1ccc(C(F)(F)F)c(N)c1. The van der Waals surface area contributed by atoms with Gasteiger partial charge in [-0.2, -0.15) is 13.2 Å². The Labute approximate surface area is 165 Å². The molecule has 0 aliphatic carbocycles. The molecule has 0 aromatic heterocycles. The van der Waals surface area contributed by atoms with E-state index in [1.807, 2.05) is 12.1 Å². The van der Waals surface area contributed by atoms with E-state index in [0.717, 1.165) is 6.07 Å². The minimum atomic E-state index is -4.47. The van der Waals surface area contributed by atoms with Crippen molar-refractivity contribution in [1.29, 1.82) is 0 Å². The van der Waals surface area contributed by atoms with Crippen molar-refractivity contribution < 1.29 is 22.3 Å². The fourth-order valence-electron chi connectivity index (χ4n) is 2.48. The molecular weight excluding hydrogens is 383 g/mol. The molecule has 28 heavy (non-hydrogen) atoms. The van der Waals surface area contributed by atoms with E-state index in [4.69, 9.17) is 14.9 Å². The lowest BCUT2D eigenvalue weighted by molar-refractivity contribution is -0.136. The highest BCUT2D eigenvalue weighted by Crippen LogP contribution is 2.38. The lowest BCUT2D eigenvalue weighted by atomic mass is 10.0. The highest BCUT2D eigenvalue weighted by atomic mass is 28.4. The molecule has 0 fully saturated rings. The number of ether oxygens (including phenoxy) is 1. The Kier molecular flexibility index (Phi) is 6.50. The summed E-state index contributed by atoms with van der Waals surface area (Å²) in [6.07, 6.45) is -4.47. The molecule has 154 valence electrons. The summed E-state index contributed by atoms with van der Waals surface area (Å²) in [6.45, 7) is 11.7. The molecule has 0 spiro atoms. The topological polar surface area (TPSA) is 44.5 Å². The molecule has 0 atom stereocenters. The highest BCUT2D eigenvalue weighted by Gasteiger charge is 2.37. The molecule has 0 bridgehead atoms. The van der Waals surface area contributed by atoms with Gasteiger partial charge in [0, 0.05) is 11.3 Å². The van der Waals surface area contributed by atoms with Crippen molar-refractivity contribution in [2.75, 3.05) is 18.9 Å². The molecule has 7 heteroatoms. The number of alkyl halides is 3. The van der Waals surface area contributed by atoms with Gasteiger partial charge < -0.3 is 14.9 Å². The molecule has 2 aromatic carbocycles. The molecule has 0 amide bonds. The zero-order valence-corrected chi connectivity index (χ0v) is 18.0. The molecule has 0 heterocycles. The number of halogens is 3. The normalized spacial score (nSPS) is 12.9. The van der Waals surface area contributed by atoms with Crippen molar-refractivity contribution in [3.63, 3.8) is 0 Å². The van der Waals surface area contributed by atoms with Crippen LogP contribution in [0.3, 0.4) is 0 Å². The fourth-order valence-corrected chi connectivity index (χ4v) is 3.51. The Morgan fingerprint density at radius 2 is 1.61 bits per heavy atom. The van der Waals surface area contributed by atoms with Crippen LogP contribution in [0.1, 0.15) is 26.3 Å². The summed E-state index contributed by atoms with van der Waals surface area (Å²) in [5, 5.41) is 0.114. The first-order chi connectivity index (χ1) is 12.8. The number of hydrogen-bond acceptors (Lipinski definition) is 3. The smallest absolute Gasteiger partial charge is 0.418 e. The number of nitrogen functional groups attached to an aromatic ring is 1. The first-order valence-corrected chi connectivity index (χ1v) is 12.1. The summed E-state index contributed by atoms with van der Waals surface area (Å²) in [5.74, 6) is 0.584. The maximum Gasteiger partial charge on any atom is 0.418 e. The third kappa shape index (κ3) is 5.29. The van der Waals surface area contributed by atoms with E-state index in [0.29, 0.717) is 30.1 Å². The van der Waals surface area contributed by atoms with Crippen molar-refractivity contribution in [1.82, 2.24) is 0 Å². The van der Waals surface area contributed by atoms with E-state index in [1.54, 1.807) is 12.1 Å². The Morgan fingerprint density at radius 3 is 2.18 bits per heavy atom. The van der Waals surface area contributed by atoms with Crippen molar-refractivity contribution in [2.45, 2.75) is 45.1 Å². The average Bonchev–Trinajstić information content (AvgIpc) is 2.57. The Bertz CT molecular complexity index is 814. The van der Waals surface area contributed by atoms with Crippen LogP contribution in [0.4, 0.5) is 18.9 Å². The second kappa shape index (κ2) is 8.17. The van der Waals surface area contributed by atoms with Gasteiger partial charge in [0.05, 0.1) is 12.2 Å². The minimum absolute atomic E-state index is 0.114. The maximum absolute atomic E-state index is 12.9. The van der Waals surface area contributed by atoms with Gasteiger partial charge in [0.2, 0.25) is 0 Å². The average molecular weight is 412 g/mol. The molecular formula is C21H28F3NO2Si. The number of rotatable bonds is 6. The summed E-state index contributed by atoms with van der Waals surface area (Å²) < 4.78 is 50.8. The quantitative estimate of drug-likeness (QED) is 0.342. The van der Waals surface area contributed by atoms with E-state index in [2.05, 4.69) is 33.9 Å². The predicted octanol–water partition coefficient (Wildman–Crippen LogP) is 6.36. The van der Waals surface area contributed by atoms with Crippen molar-refractivity contribution in [3.8, 4) is 16.9 Å². The number of nitrogens with two attached hydrogens (primary N) is 1. The molecule has 0 saturated carbocycles. The van der Waals surface area contributed by atoms with Crippen LogP contribution < -0.4 is 10.5 Å². The van der Waals surface area contributed by atoms with E-state index < -0.39 is 20.1 Å². The second-order valence-electron chi connectivity index (χ2n) is 8.25. The van der Waals surface area contributed by atoms with Crippen LogP contribution in [0.2, 0.25) is 18.1 Å². The number of hydrogen-bond donors (Lipinski definition) is 1. The van der Waals surface area contributed by atoms with Gasteiger partial charge in [0.15, 0.2) is 8.32 Å². The number of benzene rings is 2. The van der Waals surface area contributed by atoms with Crippen LogP contribution in [-0.4, -0.2) is 21.5 Å². The van der Waals surface area contributed by atoms with Gasteiger partial charge in [-0.25, -0.2) is 0 Å². The van der Waals surface area contributed by atoms with Gasteiger partial charge in [0.1, 0.15) is 12.4 Å². The molecule has 0 unspecified atom stereocenters. The summed E-state index contributed by atoms with van der Waals surface area (Å²) in [5.41, 5.74) is 5.75. The lowest BCUT2D eigenvalue weighted by Gasteiger charge is -2.36. The third-order valence-electron chi connectivity index (χ3n) is 5.17. The van der Waals surface area contributed by atoms with Gasteiger partial charge in [-0.3, -0.25) is 0 Å². The zero-order valence-electron chi connectivity index (χ0n) is 17.0. The van der Waals surface area contributed by atoms with Crippen molar-refractivity contribution in [3.05, 3.63) is 48.0 Å². The first kappa shape index (κ1) is 22.3. The number of anilines is 1. The summed E-state index contributed by atoms with van der Waals surface area (Å²) >= 11 is 0. The highest BCUT2D eigenvalue weighted by molar-refractivity contribution is 6.74. The summed E-state index contributed by atoms with van der Waals surface area (Å²) in [4.78, 5) is 0. The molecule has 2 aromatic rings. The van der Waals surface area contributed by atoms with E-state index in [1.165, 1.54) is 12.1 Å². The Hall–Kier alpha value is -1.99.